The first-order valence-electron chi connectivity index (χ1n) is 9.23. The number of hydrogen-bond acceptors (Lipinski definition) is 4. The summed E-state index contributed by atoms with van der Waals surface area (Å²) in [5.74, 6) is -0.232. The van der Waals surface area contributed by atoms with E-state index in [0.29, 0.717) is 52.1 Å². The molecule has 0 aliphatic carbocycles. The van der Waals surface area contributed by atoms with Gasteiger partial charge in [-0.1, -0.05) is 12.1 Å². The largest absolute Gasteiger partial charge is 0.378 e. The lowest BCUT2D eigenvalue weighted by molar-refractivity contribution is -0.136. The lowest BCUT2D eigenvalue weighted by Gasteiger charge is -2.33. The number of likely N-dealkylation sites (tertiary alicyclic amines) is 1. The van der Waals surface area contributed by atoms with E-state index < -0.39 is 0 Å². The van der Waals surface area contributed by atoms with E-state index in [4.69, 9.17) is 4.74 Å². The minimum Gasteiger partial charge on any atom is -0.378 e. The Hall–Kier alpha value is -1.70. The van der Waals surface area contributed by atoms with Crippen LogP contribution in [-0.2, 0) is 20.9 Å². The molecular weight excluding hydrogens is 373 g/mol. The van der Waals surface area contributed by atoms with Gasteiger partial charge in [-0.25, -0.2) is 4.39 Å². The van der Waals surface area contributed by atoms with Gasteiger partial charge in [0.15, 0.2) is 0 Å². The number of nitrogens with zero attached hydrogens (tertiary/aromatic N) is 1. The summed E-state index contributed by atoms with van der Waals surface area (Å²) in [7, 11) is 0. The van der Waals surface area contributed by atoms with E-state index >= 15 is 0 Å². The molecule has 0 spiro atoms. The summed E-state index contributed by atoms with van der Waals surface area (Å²) in [4.78, 5) is 26.5. The first-order chi connectivity index (χ1) is 12.6. The summed E-state index contributed by atoms with van der Waals surface area (Å²) in [5, 5.41) is 6.20. The molecule has 0 bridgehead atoms. The molecule has 8 heteroatoms. The number of ether oxygens (including phenoxy) is 1. The molecule has 1 aromatic carbocycles. The predicted molar refractivity (Wildman–Crippen MR) is 102 cm³/mol. The van der Waals surface area contributed by atoms with Gasteiger partial charge in [0, 0.05) is 44.6 Å². The number of rotatable bonds is 5. The highest BCUT2D eigenvalue weighted by atomic mass is 35.5. The molecule has 2 aliphatic heterocycles. The van der Waals surface area contributed by atoms with Crippen LogP contribution in [0.4, 0.5) is 4.39 Å². The molecule has 3 rings (SSSR count). The molecule has 2 aliphatic rings. The Labute approximate surface area is 165 Å². The number of morpholine rings is 1. The van der Waals surface area contributed by atoms with Crippen LogP contribution in [0.25, 0.3) is 0 Å². The molecule has 0 aromatic heterocycles. The van der Waals surface area contributed by atoms with Gasteiger partial charge in [-0.3, -0.25) is 9.59 Å². The lowest BCUT2D eigenvalue weighted by atomic mass is 9.95. The summed E-state index contributed by atoms with van der Waals surface area (Å²) in [6.07, 6.45) is 1.80. The van der Waals surface area contributed by atoms with Gasteiger partial charge in [0.05, 0.1) is 13.2 Å². The third-order valence-electron chi connectivity index (χ3n) is 5.02. The van der Waals surface area contributed by atoms with Gasteiger partial charge in [-0.2, -0.15) is 0 Å². The van der Waals surface area contributed by atoms with Gasteiger partial charge in [-0.15, -0.1) is 12.4 Å². The number of piperidine rings is 1. The first-order valence-corrected chi connectivity index (χ1v) is 9.23. The highest BCUT2D eigenvalue weighted by Gasteiger charge is 2.28. The Morgan fingerprint density at radius 3 is 2.56 bits per heavy atom. The molecule has 1 unspecified atom stereocenters. The summed E-state index contributed by atoms with van der Waals surface area (Å²) in [6.45, 7) is 3.68. The van der Waals surface area contributed by atoms with E-state index in [-0.39, 0.29) is 42.0 Å². The van der Waals surface area contributed by atoms with Gasteiger partial charge >= 0.3 is 0 Å². The van der Waals surface area contributed by atoms with E-state index in [2.05, 4.69) is 10.6 Å². The van der Waals surface area contributed by atoms with E-state index in [1.807, 2.05) is 4.90 Å². The standard InChI is InChI=1S/C19H26FN3O3.ClH/c20-16-3-1-14(2-4-16)12-22-19(25)15-5-8-23(9-6-15)18(24)11-17-13-26-10-7-21-17;/h1-4,15,17,21H,5-13H2,(H,22,25);1H. The summed E-state index contributed by atoms with van der Waals surface area (Å²) in [6, 6.07) is 6.20. The van der Waals surface area contributed by atoms with Crippen LogP contribution in [0.2, 0.25) is 0 Å². The maximum Gasteiger partial charge on any atom is 0.224 e. The van der Waals surface area contributed by atoms with Crippen molar-refractivity contribution in [2.24, 2.45) is 5.92 Å². The number of hydrogen-bond donors (Lipinski definition) is 2. The van der Waals surface area contributed by atoms with Crippen molar-refractivity contribution in [3.05, 3.63) is 35.6 Å². The van der Waals surface area contributed by atoms with Crippen molar-refractivity contribution < 1.29 is 18.7 Å². The van der Waals surface area contributed by atoms with Gasteiger partial charge in [0.2, 0.25) is 11.8 Å². The summed E-state index contributed by atoms with van der Waals surface area (Å²) < 4.78 is 18.3. The van der Waals surface area contributed by atoms with Crippen molar-refractivity contribution in [2.75, 3.05) is 32.8 Å². The minimum absolute atomic E-state index is 0. The smallest absolute Gasteiger partial charge is 0.224 e. The zero-order valence-corrected chi connectivity index (χ0v) is 16.1. The zero-order valence-electron chi connectivity index (χ0n) is 15.3. The molecule has 27 heavy (non-hydrogen) atoms. The average Bonchev–Trinajstić information content (AvgIpc) is 2.68. The van der Waals surface area contributed by atoms with Gasteiger partial charge in [0.25, 0.3) is 0 Å². The number of carbonyl (C=O) groups excluding carboxylic acids is 2. The molecule has 2 fully saturated rings. The van der Waals surface area contributed by atoms with Crippen molar-refractivity contribution in [1.29, 1.82) is 0 Å². The molecule has 2 amide bonds. The Morgan fingerprint density at radius 2 is 1.93 bits per heavy atom. The maximum atomic E-state index is 12.9. The number of carbonyl (C=O) groups is 2. The van der Waals surface area contributed by atoms with Crippen molar-refractivity contribution in [3.8, 4) is 0 Å². The Bertz CT molecular complexity index is 615. The topological polar surface area (TPSA) is 70.7 Å². The monoisotopic (exact) mass is 399 g/mol. The summed E-state index contributed by atoms with van der Waals surface area (Å²) >= 11 is 0. The van der Waals surface area contributed by atoms with Crippen LogP contribution >= 0.6 is 12.4 Å². The van der Waals surface area contributed by atoms with Crippen molar-refractivity contribution >= 4 is 24.2 Å². The van der Waals surface area contributed by atoms with Crippen LogP contribution in [0.15, 0.2) is 24.3 Å². The van der Waals surface area contributed by atoms with Gasteiger partial charge in [-0.05, 0) is 30.5 Å². The fourth-order valence-corrected chi connectivity index (χ4v) is 3.42. The van der Waals surface area contributed by atoms with E-state index in [1.54, 1.807) is 12.1 Å². The Balaban J connectivity index is 0.00000261. The van der Waals surface area contributed by atoms with Crippen LogP contribution in [-0.4, -0.2) is 55.6 Å². The molecule has 150 valence electrons. The van der Waals surface area contributed by atoms with Crippen LogP contribution < -0.4 is 10.6 Å². The molecule has 2 N–H and O–H groups in total. The van der Waals surface area contributed by atoms with Crippen molar-refractivity contribution in [2.45, 2.75) is 31.8 Å². The highest BCUT2D eigenvalue weighted by Crippen LogP contribution is 2.19. The third-order valence-corrected chi connectivity index (χ3v) is 5.02. The summed E-state index contributed by atoms with van der Waals surface area (Å²) in [5.41, 5.74) is 0.870. The highest BCUT2D eigenvalue weighted by molar-refractivity contribution is 5.85. The molecule has 6 nitrogen and oxygen atoms in total. The second-order valence-electron chi connectivity index (χ2n) is 6.93. The number of benzene rings is 1. The predicted octanol–water partition coefficient (Wildman–Crippen LogP) is 1.48. The SMILES string of the molecule is Cl.O=C(NCc1ccc(F)cc1)C1CCN(C(=O)CC2COCCN2)CC1. The fourth-order valence-electron chi connectivity index (χ4n) is 3.42. The first kappa shape index (κ1) is 21.6. The molecule has 2 saturated heterocycles. The normalized spacial score (nSPS) is 20.6. The number of nitrogens with one attached hydrogen (secondary N) is 2. The third kappa shape index (κ3) is 6.45. The van der Waals surface area contributed by atoms with Gasteiger partial charge < -0.3 is 20.3 Å². The fraction of sp³-hybridized carbons (Fsp3) is 0.579. The molecule has 1 aromatic rings. The van der Waals surface area contributed by atoms with Crippen LogP contribution in [0.3, 0.4) is 0 Å². The lowest BCUT2D eigenvalue weighted by Crippen LogP contribution is -2.47. The number of amides is 2. The van der Waals surface area contributed by atoms with Crippen LogP contribution in [0.5, 0.6) is 0 Å². The van der Waals surface area contributed by atoms with Crippen LogP contribution in [0, 0.1) is 11.7 Å². The maximum absolute atomic E-state index is 12.9. The Morgan fingerprint density at radius 1 is 1.22 bits per heavy atom. The zero-order chi connectivity index (χ0) is 18.4. The van der Waals surface area contributed by atoms with Gasteiger partial charge in [0.1, 0.15) is 5.82 Å². The van der Waals surface area contributed by atoms with Crippen molar-refractivity contribution in [1.82, 2.24) is 15.5 Å². The second-order valence-corrected chi connectivity index (χ2v) is 6.93. The molecule has 2 heterocycles. The molecule has 1 atom stereocenters. The Kier molecular flexibility index (Phi) is 8.47. The average molecular weight is 400 g/mol. The van der Waals surface area contributed by atoms with Crippen LogP contribution in [0.1, 0.15) is 24.8 Å². The van der Waals surface area contributed by atoms with E-state index in [0.717, 1.165) is 12.1 Å². The molecule has 0 saturated carbocycles. The number of halogens is 2. The quantitative estimate of drug-likeness (QED) is 0.786. The second kappa shape index (κ2) is 10.6. The van der Waals surface area contributed by atoms with E-state index in [9.17, 15) is 14.0 Å². The van der Waals surface area contributed by atoms with E-state index in [1.165, 1.54) is 12.1 Å². The minimum atomic E-state index is -0.285. The molecule has 0 radical (unpaired) electrons. The molecular formula is C19H27ClFN3O3. The van der Waals surface area contributed by atoms with Crippen molar-refractivity contribution in [3.63, 3.8) is 0 Å².